The molecule has 8 heteroatoms. The molecule has 0 spiro atoms. The number of anilines is 2. The predicted molar refractivity (Wildman–Crippen MR) is 165 cm³/mol. The zero-order chi connectivity index (χ0) is 29.1. The molecule has 41 heavy (non-hydrogen) atoms. The average Bonchev–Trinajstić information content (AvgIpc) is 3.22. The molecule has 0 saturated carbocycles. The number of aryl methyl sites for hydroxylation is 1. The van der Waals surface area contributed by atoms with Crippen molar-refractivity contribution < 1.29 is 9.53 Å². The maximum atomic E-state index is 12.8. The highest BCUT2D eigenvalue weighted by Crippen LogP contribution is 2.30. The third-order valence-corrected chi connectivity index (χ3v) is 7.78. The van der Waals surface area contributed by atoms with Crippen LogP contribution in [-0.2, 0) is 23.7 Å². The van der Waals surface area contributed by atoms with Crippen LogP contribution in [0.5, 0.6) is 11.5 Å². The van der Waals surface area contributed by atoms with Gasteiger partial charge in [0.05, 0.1) is 29.7 Å². The summed E-state index contributed by atoms with van der Waals surface area (Å²) >= 11 is 0. The Bertz CT molecular complexity index is 1510. The topological polar surface area (TPSA) is 75.5 Å². The van der Waals surface area contributed by atoms with Gasteiger partial charge in [0.1, 0.15) is 11.5 Å². The van der Waals surface area contributed by atoms with Crippen molar-refractivity contribution in [3.63, 3.8) is 0 Å². The molecule has 0 bridgehead atoms. The van der Waals surface area contributed by atoms with Gasteiger partial charge in [0.2, 0.25) is 5.95 Å². The summed E-state index contributed by atoms with van der Waals surface area (Å²) < 4.78 is 8.22. The summed E-state index contributed by atoms with van der Waals surface area (Å²) in [6.07, 6.45) is 2.00. The van der Waals surface area contributed by atoms with Crippen molar-refractivity contribution in [3.8, 4) is 11.5 Å². The first-order valence-corrected chi connectivity index (χ1v) is 14.5. The van der Waals surface area contributed by atoms with Crippen LogP contribution in [0.4, 0.5) is 11.6 Å². The zero-order valence-electron chi connectivity index (χ0n) is 25.1. The summed E-state index contributed by atoms with van der Waals surface area (Å²) in [6.45, 7) is 15.4. The fourth-order valence-electron chi connectivity index (χ4n) is 5.24. The lowest BCUT2D eigenvalue weighted by Crippen LogP contribution is -2.50. The van der Waals surface area contributed by atoms with Gasteiger partial charge in [-0.15, -0.1) is 0 Å². The molecule has 2 aromatic carbocycles. The molecule has 2 aromatic heterocycles. The molecule has 0 atom stereocenters. The number of carbonyl (C=O) groups is 1. The largest absolute Gasteiger partial charge is 0.457 e. The first kappa shape index (κ1) is 28.8. The lowest BCUT2D eigenvalue weighted by atomic mass is 9.87. The second-order valence-corrected chi connectivity index (χ2v) is 12.3. The highest BCUT2D eigenvalue weighted by atomic mass is 16.5. The number of fused-ring (bicyclic) bond motifs is 1. The Labute approximate surface area is 243 Å². The zero-order valence-corrected chi connectivity index (χ0v) is 25.1. The highest BCUT2D eigenvalue weighted by molar-refractivity contribution is 5.83. The number of rotatable bonds is 9. The lowest BCUT2D eigenvalue weighted by molar-refractivity contribution is -0.120. The number of piperazine rings is 1. The first-order valence-electron chi connectivity index (χ1n) is 14.5. The smallest absolute Gasteiger partial charge is 0.208 e. The van der Waals surface area contributed by atoms with Gasteiger partial charge < -0.3 is 14.6 Å². The Morgan fingerprint density at radius 3 is 2.49 bits per heavy atom. The van der Waals surface area contributed by atoms with E-state index in [-0.39, 0.29) is 11.2 Å². The molecule has 1 aliphatic rings. The van der Waals surface area contributed by atoms with E-state index in [0.717, 1.165) is 54.5 Å². The summed E-state index contributed by atoms with van der Waals surface area (Å²) in [5.74, 6) is 2.28. The van der Waals surface area contributed by atoms with Gasteiger partial charge in [0, 0.05) is 63.3 Å². The second-order valence-electron chi connectivity index (χ2n) is 12.3. The summed E-state index contributed by atoms with van der Waals surface area (Å²) in [7, 11) is 2.00. The first-order chi connectivity index (χ1) is 19.5. The fraction of sp³-hybridized carbons (Fsp3) is 0.424. The molecule has 1 saturated heterocycles. The number of Topliss-reactive ketones (excluding diaryl/α,β-unsaturated/α-hetero) is 1. The summed E-state index contributed by atoms with van der Waals surface area (Å²) in [4.78, 5) is 26.7. The molecule has 1 N–H and O–H groups in total. The third-order valence-electron chi connectivity index (χ3n) is 7.78. The average molecular weight is 555 g/mol. The molecular formula is C33H42N6O2. The molecule has 1 fully saturated rings. The fourth-order valence-corrected chi connectivity index (χ4v) is 5.24. The standard InChI is InChI=1S/C33H42N6O2/c1-23(2)39-16-14-38(15-17-39)22-27(40)19-26-20-29(12-13-34-26)41-28-10-11-31-30(21-28)36-32(37(31)6)35-25-9-7-8-24(18-25)33(3,4)5/h7-13,18,20-21,23H,14-17,19,22H2,1-6H3,(H,35,36). The minimum absolute atomic E-state index is 0.0690. The van der Waals surface area contributed by atoms with E-state index >= 15 is 0 Å². The lowest BCUT2D eigenvalue weighted by Gasteiger charge is -2.36. The number of ether oxygens (including phenoxy) is 1. The van der Waals surface area contributed by atoms with Crippen LogP contribution in [0.25, 0.3) is 11.0 Å². The highest BCUT2D eigenvalue weighted by Gasteiger charge is 2.21. The van der Waals surface area contributed by atoms with Crippen molar-refractivity contribution in [1.29, 1.82) is 0 Å². The Kier molecular flexibility index (Phi) is 8.42. The van der Waals surface area contributed by atoms with Crippen LogP contribution in [0.15, 0.2) is 60.8 Å². The van der Waals surface area contributed by atoms with Gasteiger partial charge in [-0.2, -0.15) is 0 Å². The van der Waals surface area contributed by atoms with Crippen LogP contribution >= 0.6 is 0 Å². The second kappa shape index (κ2) is 12.0. The third kappa shape index (κ3) is 7.13. The van der Waals surface area contributed by atoms with Crippen LogP contribution < -0.4 is 10.1 Å². The van der Waals surface area contributed by atoms with Gasteiger partial charge in [-0.1, -0.05) is 32.9 Å². The minimum atomic E-state index is 0.0690. The van der Waals surface area contributed by atoms with E-state index in [1.807, 2.05) is 41.9 Å². The van der Waals surface area contributed by atoms with E-state index in [2.05, 4.69) is 79.0 Å². The summed E-state index contributed by atoms with van der Waals surface area (Å²) in [6, 6.07) is 18.6. The maximum Gasteiger partial charge on any atom is 0.208 e. The molecule has 5 rings (SSSR count). The van der Waals surface area contributed by atoms with Crippen molar-refractivity contribution in [1.82, 2.24) is 24.3 Å². The molecular weight excluding hydrogens is 512 g/mol. The Morgan fingerprint density at radius 2 is 1.76 bits per heavy atom. The van der Waals surface area contributed by atoms with Crippen LogP contribution in [0.2, 0.25) is 0 Å². The Balaban J connectivity index is 1.23. The number of carbonyl (C=O) groups excluding carboxylic acids is 1. The number of ketones is 1. The SMILES string of the molecule is CC(C)N1CCN(CC(=O)Cc2cc(Oc3ccc4c(c3)nc(Nc3cccc(C(C)(C)C)c3)n4C)ccn2)CC1. The van der Waals surface area contributed by atoms with Gasteiger partial charge in [-0.25, -0.2) is 4.98 Å². The molecule has 216 valence electrons. The van der Waals surface area contributed by atoms with Crippen LogP contribution in [0, 0.1) is 0 Å². The number of hydrogen-bond donors (Lipinski definition) is 1. The summed E-state index contributed by atoms with van der Waals surface area (Å²) in [5.41, 5.74) is 4.89. The Hall–Kier alpha value is -3.75. The number of nitrogens with zero attached hydrogens (tertiary/aromatic N) is 5. The van der Waals surface area contributed by atoms with Gasteiger partial charge in [0.25, 0.3) is 0 Å². The number of hydrogen-bond acceptors (Lipinski definition) is 7. The number of imidazole rings is 1. The van der Waals surface area contributed by atoms with Crippen LogP contribution in [0.1, 0.15) is 45.9 Å². The van der Waals surface area contributed by atoms with Crippen molar-refractivity contribution >= 4 is 28.5 Å². The predicted octanol–water partition coefficient (Wildman–Crippen LogP) is 5.94. The summed E-state index contributed by atoms with van der Waals surface area (Å²) in [5, 5.41) is 3.47. The number of nitrogens with one attached hydrogen (secondary N) is 1. The van der Waals surface area contributed by atoms with E-state index in [1.165, 1.54) is 5.56 Å². The molecule has 1 aliphatic heterocycles. The molecule has 4 aromatic rings. The monoisotopic (exact) mass is 554 g/mol. The van der Waals surface area contributed by atoms with Crippen molar-refractivity contribution in [2.24, 2.45) is 7.05 Å². The van der Waals surface area contributed by atoms with E-state index in [4.69, 9.17) is 9.72 Å². The minimum Gasteiger partial charge on any atom is -0.457 e. The molecule has 0 unspecified atom stereocenters. The van der Waals surface area contributed by atoms with Crippen molar-refractivity contribution in [2.45, 2.75) is 52.5 Å². The number of aromatic nitrogens is 3. The molecule has 0 amide bonds. The number of benzene rings is 2. The van der Waals surface area contributed by atoms with Gasteiger partial charge in [-0.3, -0.25) is 19.6 Å². The van der Waals surface area contributed by atoms with Crippen molar-refractivity contribution in [3.05, 3.63) is 72.1 Å². The normalized spacial score (nSPS) is 15.0. The van der Waals surface area contributed by atoms with E-state index in [0.29, 0.717) is 30.5 Å². The van der Waals surface area contributed by atoms with E-state index in [9.17, 15) is 4.79 Å². The van der Waals surface area contributed by atoms with Gasteiger partial charge in [0.15, 0.2) is 5.78 Å². The van der Waals surface area contributed by atoms with E-state index in [1.54, 1.807) is 6.20 Å². The van der Waals surface area contributed by atoms with Crippen LogP contribution in [0.3, 0.4) is 0 Å². The van der Waals surface area contributed by atoms with Gasteiger partial charge >= 0.3 is 0 Å². The van der Waals surface area contributed by atoms with Gasteiger partial charge in [-0.05, 0) is 55.2 Å². The number of pyridine rings is 1. The quantitative estimate of drug-likeness (QED) is 0.274. The van der Waals surface area contributed by atoms with Crippen LogP contribution in [-0.4, -0.2) is 68.9 Å². The van der Waals surface area contributed by atoms with E-state index < -0.39 is 0 Å². The molecule has 0 aliphatic carbocycles. The molecule has 3 heterocycles. The Morgan fingerprint density at radius 1 is 1.00 bits per heavy atom. The maximum absolute atomic E-state index is 12.8. The van der Waals surface area contributed by atoms with Crippen molar-refractivity contribution in [2.75, 3.05) is 38.0 Å². The molecule has 0 radical (unpaired) electrons. The molecule has 8 nitrogen and oxygen atoms in total.